The summed E-state index contributed by atoms with van der Waals surface area (Å²) in [5.41, 5.74) is 3.98. The number of phenolic OH excluding ortho intramolecular Hbond substituents is 1. The average Bonchev–Trinajstić information content (AvgIpc) is 3.47. The van der Waals surface area contributed by atoms with Crippen LogP contribution in [0.25, 0.3) is 11.0 Å². The molecule has 1 unspecified atom stereocenters. The largest absolute Gasteiger partial charge is 0.508 e. The van der Waals surface area contributed by atoms with Crippen LogP contribution in [0.1, 0.15) is 37.7 Å². The van der Waals surface area contributed by atoms with Crippen molar-refractivity contribution >= 4 is 22.8 Å². The molecule has 1 aromatic heterocycles. The number of phenols is 1. The van der Waals surface area contributed by atoms with Gasteiger partial charge in [0.1, 0.15) is 35.4 Å². The van der Waals surface area contributed by atoms with Crippen molar-refractivity contribution in [3.63, 3.8) is 0 Å². The van der Waals surface area contributed by atoms with Gasteiger partial charge in [0.05, 0.1) is 11.0 Å². The molecule has 0 radical (unpaired) electrons. The zero-order valence-corrected chi connectivity index (χ0v) is 22.1. The van der Waals surface area contributed by atoms with Crippen LogP contribution in [0.5, 0.6) is 23.0 Å². The van der Waals surface area contributed by atoms with Crippen LogP contribution in [0.3, 0.4) is 0 Å². The number of ether oxygens (including phenoxy) is 2. The Hall–Kier alpha value is -3.16. The number of hydrogen-bond acceptors (Lipinski definition) is 6. The van der Waals surface area contributed by atoms with Gasteiger partial charge in [-0.3, -0.25) is 0 Å². The molecule has 0 amide bonds. The van der Waals surface area contributed by atoms with Gasteiger partial charge in [-0.15, -0.1) is 11.8 Å². The molecule has 1 aliphatic rings. The summed E-state index contributed by atoms with van der Waals surface area (Å²) >= 11 is 1.98. The van der Waals surface area contributed by atoms with E-state index in [9.17, 15) is 5.11 Å². The quantitative estimate of drug-likeness (QED) is 0.315. The molecule has 1 atom stereocenters. The van der Waals surface area contributed by atoms with Crippen LogP contribution >= 0.6 is 11.8 Å². The second kappa shape index (κ2) is 10.1. The minimum absolute atomic E-state index is 0.167. The molecule has 7 heteroatoms. The maximum absolute atomic E-state index is 9.97. The molecule has 4 aromatic rings. The Labute approximate surface area is 216 Å². The summed E-state index contributed by atoms with van der Waals surface area (Å²) in [6.45, 7) is 7.77. The zero-order chi connectivity index (χ0) is 25.3. The van der Waals surface area contributed by atoms with E-state index in [1.54, 1.807) is 12.1 Å². The molecule has 1 saturated heterocycles. The van der Waals surface area contributed by atoms with E-state index in [4.69, 9.17) is 14.5 Å². The van der Waals surface area contributed by atoms with Gasteiger partial charge in [0.25, 0.3) is 0 Å². The van der Waals surface area contributed by atoms with Crippen LogP contribution in [-0.4, -0.2) is 32.3 Å². The number of imidazole rings is 1. The van der Waals surface area contributed by atoms with Gasteiger partial charge in [-0.25, -0.2) is 4.98 Å². The van der Waals surface area contributed by atoms with Crippen LogP contribution < -0.4 is 14.8 Å². The molecule has 5 rings (SSSR count). The fraction of sp³-hybridized carbons (Fsp3) is 0.345. The minimum atomic E-state index is -0.167. The Morgan fingerprint density at radius 3 is 2.56 bits per heavy atom. The summed E-state index contributed by atoms with van der Waals surface area (Å²) in [6.07, 6.45) is 1.08. The second-order valence-corrected chi connectivity index (χ2v) is 11.6. The number of nitrogens with one attached hydrogen (secondary N) is 1. The summed E-state index contributed by atoms with van der Waals surface area (Å²) in [4.78, 5) is 4.77. The van der Waals surface area contributed by atoms with Crippen molar-refractivity contribution in [3.05, 3.63) is 77.6 Å². The third-order valence-electron chi connectivity index (χ3n) is 6.49. The molecule has 6 nitrogen and oxygen atoms in total. The minimum Gasteiger partial charge on any atom is -0.508 e. The highest BCUT2D eigenvalue weighted by atomic mass is 32.2. The smallest absolute Gasteiger partial charge is 0.147 e. The predicted molar refractivity (Wildman–Crippen MR) is 146 cm³/mol. The van der Waals surface area contributed by atoms with Gasteiger partial charge < -0.3 is 24.5 Å². The van der Waals surface area contributed by atoms with Gasteiger partial charge in [-0.1, -0.05) is 32.9 Å². The molecule has 0 aliphatic carbocycles. The van der Waals surface area contributed by atoms with Crippen molar-refractivity contribution in [2.45, 2.75) is 44.5 Å². The molecular formula is C29H33N3O3S. The number of benzene rings is 3. The lowest BCUT2D eigenvalue weighted by Crippen LogP contribution is -2.14. The van der Waals surface area contributed by atoms with Crippen LogP contribution in [0.2, 0.25) is 0 Å². The summed E-state index contributed by atoms with van der Waals surface area (Å²) in [5, 5.41) is 14.0. The summed E-state index contributed by atoms with van der Waals surface area (Å²) in [6, 6.07) is 19.5. The summed E-state index contributed by atoms with van der Waals surface area (Å²) in [7, 11) is 2.00. The summed E-state index contributed by atoms with van der Waals surface area (Å²) < 4.78 is 14.4. The third-order valence-corrected chi connectivity index (χ3v) is 7.67. The van der Waals surface area contributed by atoms with Crippen molar-refractivity contribution < 1.29 is 14.6 Å². The molecule has 0 spiro atoms. The first-order chi connectivity index (χ1) is 17.3. The first-order valence-electron chi connectivity index (χ1n) is 12.3. The molecule has 188 valence electrons. The molecule has 2 N–H and O–H groups in total. The van der Waals surface area contributed by atoms with E-state index >= 15 is 0 Å². The highest BCUT2D eigenvalue weighted by Crippen LogP contribution is 2.37. The number of aromatic nitrogens is 2. The Balaban J connectivity index is 1.29. The van der Waals surface area contributed by atoms with Crippen molar-refractivity contribution in [2.24, 2.45) is 7.05 Å². The van der Waals surface area contributed by atoms with E-state index in [-0.39, 0.29) is 11.2 Å². The lowest BCUT2D eigenvalue weighted by atomic mass is 9.86. The van der Waals surface area contributed by atoms with Crippen molar-refractivity contribution in [2.75, 3.05) is 12.4 Å². The van der Waals surface area contributed by atoms with Crippen molar-refractivity contribution in [1.29, 1.82) is 0 Å². The number of nitrogens with zero attached hydrogens (tertiary/aromatic N) is 2. The maximum Gasteiger partial charge on any atom is 0.147 e. The topological polar surface area (TPSA) is 68.5 Å². The number of aryl methyl sites for hydroxylation is 1. The highest BCUT2D eigenvalue weighted by molar-refractivity contribution is 8.00. The standard InChI is InChI=1S/C29H33N3O3S/c1-29(2,3)24-14-20(33)7-12-27(24)35-22-10-11-25-26(15-22)32(4)28(31-25)17-34-21-8-5-19(6-9-21)13-23-16-30-18-36-23/h5-12,14-15,23,30,33H,13,16-18H2,1-4H3. The van der Waals surface area contributed by atoms with Crippen LogP contribution in [-0.2, 0) is 25.5 Å². The van der Waals surface area contributed by atoms with Crippen LogP contribution in [0, 0.1) is 0 Å². The zero-order valence-electron chi connectivity index (χ0n) is 21.2. The number of hydrogen-bond donors (Lipinski definition) is 2. The lowest BCUT2D eigenvalue weighted by molar-refractivity contribution is 0.292. The van der Waals surface area contributed by atoms with Gasteiger partial charge in [-0.2, -0.15) is 0 Å². The maximum atomic E-state index is 9.97. The molecule has 2 heterocycles. The Bertz CT molecular complexity index is 1350. The molecule has 0 saturated carbocycles. The molecular weight excluding hydrogens is 470 g/mol. The molecule has 36 heavy (non-hydrogen) atoms. The average molecular weight is 504 g/mol. The molecule has 0 bridgehead atoms. The predicted octanol–water partition coefficient (Wildman–Crippen LogP) is 6.15. The lowest BCUT2D eigenvalue weighted by Gasteiger charge is -2.23. The molecule has 3 aromatic carbocycles. The van der Waals surface area contributed by atoms with Crippen LogP contribution in [0.4, 0.5) is 0 Å². The number of thioether (sulfide) groups is 1. The normalized spacial score (nSPS) is 15.9. The van der Waals surface area contributed by atoms with E-state index in [0.717, 1.165) is 58.5 Å². The van der Waals surface area contributed by atoms with Crippen molar-refractivity contribution in [3.8, 4) is 23.0 Å². The van der Waals surface area contributed by atoms with Gasteiger partial charge in [0.2, 0.25) is 0 Å². The Morgan fingerprint density at radius 1 is 1.06 bits per heavy atom. The van der Waals surface area contributed by atoms with Gasteiger partial charge in [0.15, 0.2) is 0 Å². The van der Waals surface area contributed by atoms with E-state index in [0.29, 0.717) is 11.9 Å². The first kappa shape index (κ1) is 24.5. The fourth-order valence-electron chi connectivity index (χ4n) is 4.45. The summed E-state index contributed by atoms with van der Waals surface area (Å²) in [5.74, 6) is 4.43. The second-order valence-electron chi connectivity index (χ2n) is 10.3. The van der Waals surface area contributed by atoms with E-state index in [2.05, 4.69) is 38.2 Å². The van der Waals surface area contributed by atoms with E-state index in [1.165, 1.54) is 5.56 Å². The SMILES string of the molecule is Cn1c(COc2ccc(CC3CNCS3)cc2)nc2ccc(Oc3ccc(O)cc3C(C)(C)C)cc21. The van der Waals surface area contributed by atoms with Crippen LogP contribution in [0.15, 0.2) is 60.7 Å². The monoisotopic (exact) mass is 503 g/mol. The Kier molecular flexibility index (Phi) is 6.86. The third kappa shape index (κ3) is 5.47. The van der Waals surface area contributed by atoms with Gasteiger partial charge in [-0.05, 0) is 59.9 Å². The number of rotatable bonds is 7. The molecule has 1 aliphatic heterocycles. The van der Waals surface area contributed by atoms with Gasteiger partial charge in [0, 0.05) is 36.3 Å². The van der Waals surface area contributed by atoms with Crippen molar-refractivity contribution in [1.82, 2.24) is 14.9 Å². The Morgan fingerprint density at radius 2 is 1.83 bits per heavy atom. The van der Waals surface area contributed by atoms with Gasteiger partial charge >= 0.3 is 0 Å². The highest BCUT2D eigenvalue weighted by Gasteiger charge is 2.21. The van der Waals surface area contributed by atoms with E-state index in [1.807, 2.05) is 59.8 Å². The first-order valence-corrected chi connectivity index (χ1v) is 13.3. The fourth-order valence-corrected chi connectivity index (χ4v) is 5.47. The number of fused-ring (bicyclic) bond motifs is 1. The van der Waals surface area contributed by atoms with E-state index < -0.39 is 0 Å². The number of aromatic hydroxyl groups is 1. The molecule has 1 fully saturated rings.